The van der Waals surface area contributed by atoms with Gasteiger partial charge in [0.05, 0.1) is 0 Å². The third-order valence-electron chi connectivity index (χ3n) is 4.15. The number of imide groups is 1. The Kier molecular flexibility index (Phi) is 3.26. The SMILES string of the molecule is CCC1C(=O)NC(=O)CC1c1cccc2ccccc12. The maximum Gasteiger partial charge on any atom is 0.230 e. The molecule has 0 aliphatic carbocycles. The fraction of sp³-hybridized carbons (Fsp3) is 0.294. The van der Waals surface area contributed by atoms with Crippen LogP contribution in [0.25, 0.3) is 10.8 Å². The first kappa shape index (κ1) is 12.9. The summed E-state index contributed by atoms with van der Waals surface area (Å²) in [6.45, 7) is 2.00. The topological polar surface area (TPSA) is 46.2 Å². The molecular weight excluding hydrogens is 250 g/mol. The number of nitrogens with one attached hydrogen (secondary N) is 1. The van der Waals surface area contributed by atoms with Gasteiger partial charge in [-0.05, 0) is 22.8 Å². The van der Waals surface area contributed by atoms with Crippen LogP contribution >= 0.6 is 0 Å². The molecule has 2 unspecified atom stereocenters. The molecule has 0 spiro atoms. The highest BCUT2D eigenvalue weighted by Gasteiger charge is 2.36. The van der Waals surface area contributed by atoms with Crippen LogP contribution < -0.4 is 5.32 Å². The number of piperidine rings is 1. The Morgan fingerprint density at radius 3 is 2.65 bits per heavy atom. The van der Waals surface area contributed by atoms with Crippen molar-refractivity contribution in [2.24, 2.45) is 5.92 Å². The Labute approximate surface area is 118 Å². The Balaban J connectivity index is 2.13. The van der Waals surface area contributed by atoms with Gasteiger partial charge in [0, 0.05) is 18.3 Å². The van der Waals surface area contributed by atoms with Gasteiger partial charge in [0.25, 0.3) is 0 Å². The van der Waals surface area contributed by atoms with Crippen LogP contribution in [-0.4, -0.2) is 11.8 Å². The molecule has 2 aromatic carbocycles. The summed E-state index contributed by atoms with van der Waals surface area (Å²) in [5.41, 5.74) is 1.11. The molecule has 0 saturated carbocycles. The highest BCUT2D eigenvalue weighted by Crippen LogP contribution is 2.37. The van der Waals surface area contributed by atoms with Crippen LogP contribution in [0.3, 0.4) is 0 Å². The summed E-state index contributed by atoms with van der Waals surface area (Å²) >= 11 is 0. The van der Waals surface area contributed by atoms with Crippen LogP contribution in [0.5, 0.6) is 0 Å². The zero-order valence-electron chi connectivity index (χ0n) is 11.4. The monoisotopic (exact) mass is 267 g/mol. The van der Waals surface area contributed by atoms with E-state index in [-0.39, 0.29) is 23.7 Å². The smallest absolute Gasteiger partial charge is 0.230 e. The molecule has 102 valence electrons. The molecule has 1 fully saturated rings. The van der Waals surface area contributed by atoms with Crippen LogP contribution in [0.15, 0.2) is 42.5 Å². The van der Waals surface area contributed by atoms with Crippen molar-refractivity contribution in [3.8, 4) is 0 Å². The number of hydrogen-bond donors (Lipinski definition) is 1. The van der Waals surface area contributed by atoms with E-state index >= 15 is 0 Å². The first-order valence-electron chi connectivity index (χ1n) is 7.02. The van der Waals surface area contributed by atoms with Crippen LogP contribution in [0.1, 0.15) is 31.2 Å². The second-order valence-electron chi connectivity index (χ2n) is 5.31. The van der Waals surface area contributed by atoms with E-state index in [9.17, 15) is 9.59 Å². The van der Waals surface area contributed by atoms with E-state index in [1.54, 1.807) is 0 Å². The van der Waals surface area contributed by atoms with Crippen molar-refractivity contribution >= 4 is 22.6 Å². The number of carbonyl (C=O) groups is 2. The lowest BCUT2D eigenvalue weighted by Gasteiger charge is -2.30. The van der Waals surface area contributed by atoms with Gasteiger partial charge in [0.15, 0.2) is 0 Å². The van der Waals surface area contributed by atoms with Crippen LogP contribution in [-0.2, 0) is 9.59 Å². The van der Waals surface area contributed by atoms with Crippen molar-refractivity contribution < 1.29 is 9.59 Å². The van der Waals surface area contributed by atoms with E-state index in [1.165, 1.54) is 0 Å². The minimum absolute atomic E-state index is 0.0210. The van der Waals surface area contributed by atoms with E-state index in [0.717, 1.165) is 22.8 Å². The molecule has 2 atom stereocenters. The van der Waals surface area contributed by atoms with Gasteiger partial charge in [0.2, 0.25) is 11.8 Å². The lowest BCUT2D eigenvalue weighted by molar-refractivity contribution is -0.137. The molecule has 1 N–H and O–H groups in total. The van der Waals surface area contributed by atoms with Gasteiger partial charge in [-0.2, -0.15) is 0 Å². The predicted molar refractivity (Wildman–Crippen MR) is 78.2 cm³/mol. The zero-order valence-corrected chi connectivity index (χ0v) is 11.4. The summed E-state index contributed by atoms with van der Waals surface area (Å²) < 4.78 is 0. The minimum Gasteiger partial charge on any atom is -0.296 e. The lowest BCUT2D eigenvalue weighted by Crippen LogP contribution is -2.44. The van der Waals surface area contributed by atoms with Crippen molar-refractivity contribution in [1.29, 1.82) is 0 Å². The third-order valence-corrected chi connectivity index (χ3v) is 4.15. The van der Waals surface area contributed by atoms with Gasteiger partial charge >= 0.3 is 0 Å². The predicted octanol–water partition coefficient (Wildman–Crippen LogP) is 3.00. The Morgan fingerprint density at radius 2 is 1.85 bits per heavy atom. The molecule has 3 heteroatoms. The van der Waals surface area contributed by atoms with E-state index < -0.39 is 0 Å². The summed E-state index contributed by atoms with van der Waals surface area (Å²) in [6, 6.07) is 14.2. The number of fused-ring (bicyclic) bond motifs is 1. The number of amides is 2. The van der Waals surface area contributed by atoms with Gasteiger partial charge in [-0.15, -0.1) is 0 Å². The fourth-order valence-corrected chi connectivity index (χ4v) is 3.18. The van der Waals surface area contributed by atoms with Crippen molar-refractivity contribution in [2.45, 2.75) is 25.7 Å². The van der Waals surface area contributed by atoms with Crippen LogP contribution in [0, 0.1) is 5.92 Å². The molecular formula is C17H17NO2. The molecule has 1 saturated heterocycles. The number of hydrogen-bond acceptors (Lipinski definition) is 2. The second kappa shape index (κ2) is 5.08. The van der Waals surface area contributed by atoms with Gasteiger partial charge in [-0.25, -0.2) is 0 Å². The molecule has 0 bridgehead atoms. The molecule has 3 rings (SSSR count). The molecule has 3 nitrogen and oxygen atoms in total. The molecule has 0 radical (unpaired) electrons. The maximum absolute atomic E-state index is 12.0. The molecule has 1 aliphatic rings. The lowest BCUT2D eigenvalue weighted by atomic mass is 9.77. The summed E-state index contributed by atoms with van der Waals surface area (Å²) in [5, 5.41) is 4.74. The van der Waals surface area contributed by atoms with Crippen LogP contribution in [0.4, 0.5) is 0 Å². The maximum atomic E-state index is 12.0. The van der Waals surface area contributed by atoms with E-state index in [1.807, 2.05) is 31.2 Å². The van der Waals surface area contributed by atoms with Gasteiger partial charge in [0.1, 0.15) is 0 Å². The highest BCUT2D eigenvalue weighted by atomic mass is 16.2. The average molecular weight is 267 g/mol. The molecule has 1 aliphatic heterocycles. The Morgan fingerprint density at radius 1 is 1.10 bits per heavy atom. The highest BCUT2D eigenvalue weighted by molar-refractivity contribution is 6.00. The van der Waals surface area contributed by atoms with E-state index in [0.29, 0.717) is 6.42 Å². The average Bonchev–Trinajstić information content (AvgIpc) is 2.46. The largest absolute Gasteiger partial charge is 0.296 e. The molecule has 1 heterocycles. The molecule has 0 aromatic heterocycles. The first-order valence-corrected chi connectivity index (χ1v) is 7.02. The number of rotatable bonds is 2. The van der Waals surface area contributed by atoms with Gasteiger partial charge in [-0.1, -0.05) is 49.4 Å². The molecule has 2 amide bonds. The summed E-state index contributed by atoms with van der Waals surface area (Å²) in [7, 11) is 0. The fourth-order valence-electron chi connectivity index (χ4n) is 3.18. The van der Waals surface area contributed by atoms with Gasteiger partial charge in [-0.3, -0.25) is 14.9 Å². The molecule has 20 heavy (non-hydrogen) atoms. The van der Waals surface area contributed by atoms with E-state index in [4.69, 9.17) is 0 Å². The van der Waals surface area contributed by atoms with Crippen molar-refractivity contribution in [2.75, 3.05) is 0 Å². The van der Waals surface area contributed by atoms with Crippen molar-refractivity contribution in [3.63, 3.8) is 0 Å². The van der Waals surface area contributed by atoms with E-state index in [2.05, 4.69) is 23.5 Å². The summed E-state index contributed by atoms with van der Waals surface area (Å²) in [6.07, 6.45) is 1.13. The zero-order chi connectivity index (χ0) is 14.1. The van der Waals surface area contributed by atoms with Crippen molar-refractivity contribution in [1.82, 2.24) is 5.32 Å². The second-order valence-corrected chi connectivity index (χ2v) is 5.31. The number of benzene rings is 2. The Hall–Kier alpha value is -2.16. The summed E-state index contributed by atoms with van der Waals surface area (Å²) in [5.74, 6) is -0.454. The van der Waals surface area contributed by atoms with Crippen LogP contribution in [0.2, 0.25) is 0 Å². The summed E-state index contributed by atoms with van der Waals surface area (Å²) in [4.78, 5) is 23.7. The first-order chi connectivity index (χ1) is 9.70. The Bertz CT molecular complexity index is 672. The molecule has 2 aromatic rings. The number of carbonyl (C=O) groups excluding carboxylic acids is 2. The normalized spacial score (nSPS) is 22.9. The van der Waals surface area contributed by atoms with Crippen molar-refractivity contribution in [3.05, 3.63) is 48.0 Å². The van der Waals surface area contributed by atoms with Gasteiger partial charge < -0.3 is 0 Å². The minimum atomic E-state index is -0.169. The standard InChI is InChI=1S/C17H17NO2/c1-2-12-15(10-16(19)18-17(12)20)14-9-5-7-11-6-3-4-8-13(11)14/h3-9,12,15H,2,10H2,1H3,(H,18,19,20). The quantitative estimate of drug-likeness (QED) is 0.850. The third kappa shape index (κ3) is 2.09.